The molecule has 0 saturated carbocycles. The largest absolute Gasteiger partial charge is 0.484 e. The number of amides is 2. The first kappa shape index (κ1) is 18.4. The lowest BCUT2D eigenvalue weighted by Crippen LogP contribution is -2.51. The van der Waals surface area contributed by atoms with Gasteiger partial charge in [0.25, 0.3) is 11.8 Å². The smallest absolute Gasteiger partial charge is 0.260 e. The number of benzene rings is 2. The van der Waals surface area contributed by atoms with Gasteiger partial charge in [-0.2, -0.15) is 0 Å². The molecule has 0 N–H and O–H groups in total. The molecule has 0 atom stereocenters. The molecule has 0 unspecified atom stereocenters. The third-order valence-corrected chi connectivity index (χ3v) is 4.72. The molecular formula is C19H18BrFN2O3. The van der Waals surface area contributed by atoms with Crippen LogP contribution in [0.25, 0.3) is 0 Å². The first-order valence-electron chi connectivity index (χ1n) is 8.24. The zero-order chi connectivity index (χ0) is 18.5. The van der Waals surface area contributed by atoms with Crippen LogP contribution in [0.2, 0.25) is 0 Å². The summed E-state index contributed by atoms with van der Waals surface area (Å²) in [4.78, 5) is 28.0. The third kappa shape index (κ3) is 4.60. The van der Waals surface area contributed by atoms with Crippen LogP contribution in [-0.4, -0.2) is 54.4 Å². The molecule has 1 fully saturated rings. The molecule has 2 aromatic carbocycles. The van der Waals surface area contributed by atoms with Gasteiger partial charge < -0.3 is 14.5 Å². The quantitative estimate of drug-likeness (QED) is 0.763. The van der Waals surface area contributed by atoms with E-state index in [-0.39, 0.29) is 24.2 Å². The molecule has 0 radical (unpaired) electrons. The number of piperazine rings is 1. The molecule has 1 heterocycles. The summed E-state index contributed by atoms with van der Waals surface area (Å²) in [5, 5.41) is 0. The van der Waals surface area contributed by atoms with Crippen molar-refractivity contribution in [2.24, 2.45) is 0 Å². The molecule has 26 heavy (non-hydrogen) atoms. The van der Waals surface area contributed by atoms with E-state index in [1.165, 1.54) is 24.3 Å². The molecule has 7 heteroatoms. The fourth-order valence-corrected chi connectivity index (χ4v) is 2.97. The van der Waals surface area contributed by atoms with E-state index < -0.39 is 0 Å². The second-order valence-corrected chi connectivity index (χ2v) is 6.84. The molecule has 3 rings (SSSR count). The van der Waals surface area contributed by atoms with E-state index in [0.29, 0.717) is 37.5 Å². The highest BCUT2D eigenvalue weighted by Crippen LogP contribution is 2.16. The van der Waals surface area contributed by atoms with Crippen LogP contribution < -0.4 is 4.74 Å². The standard InChI is InChI=1S/C19H18BrFN2O3/c20-15-3-7-17(8-4-15)26-13-18(24)22-9-11-23(12-10-22)19(25)14-1-5-16(21)6-2-14/h1-8H,9-13H2. The van der Waals surface area contributed by atoms with E-state index in [0.717, 1.165) is 4.47 Å². The van der Waals surface area contributed by atoms with E-state index in [1.807, 2.05) is 12.1 Å². The minimum Gasteiger partial charge on any atom is -0.484 e. The second-order valence-electron chi connectivity index (χ2n) is 5.92. The normalized spacial score (nSPS) is 14.2. The molecular weight excluding hydrogens is 403 g/mol. The van der Waals surface area contributed by atoms with E-state index in [1.54, 1.807) is 21.9 Å². The molecule has 1 saturated heterocycles. The number of halogens is 2. The Morgan fingerprint density at radius 1 is 0.923 bits per heavy atom. The highest BCUT2D eigenvalue weighted by atomic mass is 79.9. The minimum atomic E-state index is -0.372. The van der Waals surface area contributed by atoms with Crippen molar-refractivity contribution in [3.8, 4) is 5.75 Å². The van der Waals surface area contributed by atoms with Crippen molar-refractivity contribution in [1.82, 2.24) is 9.80 Å². The van der Waals surface area contributed by atoms with Crippen molar-refractivity contribution >= 4 is 27.7 Å². The number of hydrogen-bond acceptors (Lipinski definition) is 3. The SMILES string of the molecule is O=C(COc1ccc(Br)cc1)N1CCN(C(=O)c2ccc(F)cc2)CC1. The lowest BCUT2D eigenvalue weighted by Gasteiger charge is -2.34. The third-order valence-electron chi connectivity index (χ3n) is 4.19. The molecule has 0 aromatic heterocycles. The van der Waals surface area contributed by atoms with E-state index in [9.17, 15) is 14.0 Å². The fraction of sp³-hybridized carbons (Fsp3) is 0.263. The Hall–Kier alpha value is -2.41. The summed E-state index contributed by atoms with van der Waals surface area (Å²) in [5.74, 6) is -0.000533. The van der Waals surface area contributed by atoms with Crippen LogP contribution >= 0.6 is 15.9 Å². The van der Waals surface area contributed by atoms with Crippen LogP contribution in [0.4, 0.5) is 4.39 Å². The average Bonchev–Trinajstić information content (AvgIpc) is 2.67. The van der Waals surface area contributed by atoms with E-state index in [4.69, 9.17) is 4.74 Å². The number of carbonyl (C=O) groups is 2. The van der Waals surface area contributed by atoms with E-state index >= 15 is 0 Å². The Balaban J connectivity index is 1.48. The van der Waals surface area contributed by atoms with Gasteiger partial charge in [0.05, 0.1) is 0 Å². The number of carbonyl (C=O) groups excluding carboxylic acids is 2. The molecule has 1 aliphatic heterocycles. The molecule has 136 valence electrons. The van der Waals surface area contributed by atoms with Crippen LogP contribution in [0.1, 0.15) is 10.4 Å². The lowest BCUT2D eigenvalue weighted by atomic mass is 10.2. The summed E-state index contributed by atoms with van der Waals surface area (Å²) in [6.07, 6.45) is 0. The Labute approximate surface area is 159 Å². The monoisotopic (exact) mass is 420 g/mol. The lowest BCUT2D eigenvalue weighted by molar-refractivity contribution is -0.134. The van der Waals surface area contributed by atoms with Crippen LogP contribution in [0.3, 0.4) is 0 Å². The average molecular weight is 421 g/mol. The first-order valence-corrected chi connectivity index (χ1v) is 9.03. The van der Waals surface area contributed by atoms with E-state index in [2.05, 4.69) is 15.9 Å². The number of nitrogens with zero attached hydrogens (tertiary/aromatic N) is 2. The maximum Gasteiger partial charge on any atom is 0.260 e. The summed E-state index contributed by atoms with van der Waals surface area (Å²) in [5.41, 5.74) is 0.449. The number of ether oxygens (including phenoxy) is 1. The van der Waals surface area contributed by atoms with Gasteiger partial charge in [-0.05, 0) is 48.5 Å². The van der Waals surface area contributed by atoms with Gasteiger partial charge in [-0.15, -0.1) is 0 Å². The van der Waals surface area contributed by atoms with Crippen LogP contribution in [0, 0.1) is 5.82 Å². The molecule has 1 aliphatic rings. The van der Waals surface area contributed by atoms with Gasteiger partial charge in [-0.25, -0.2) is 4.39 Å². The van der Waals surface area contributed by atoms with Crippen molar-refractivity contribution in [1.29, 1.82) is 0 Å². The number of rotatable bonds is 4. The van der Waals surface area contributed by atoms with Gasteiger partial charge in [0.15, 0.2) is 6.61 Å². The molecule has 5 nitrogen and oxygen atoms in total. The number of hydrogen-bond donors (Lipinski definition) is 0. The predicted molar refractivity (Wildman–Crippen MR) is 98.5 cm³/mol. The summed E-state index contributed by atoms with van der Waals surface area (Å²) >= 11 is 3.34. The zero-order valence-electron chi connectivity index (χ0n) is 14.0. The Bertz CT molecular complexity index is 772. The second kappa shape index (κ2) is 8.31. The highest BCUT2D eigenvalue weighted by molar-refractivity contribution is 9.10. The summed E-state index contributed by atoms with van der Waals surface area (Å²) in [6.45, 7) is 1.76. The predicted octanol–water partition coefficient (Wildman–Crippen LogP) is 2.95. The fourth-order valence-electron chi connectivity index (χ4n) is 2.70. The van der Waals surface area contributed by atoms with Gasteiger partial charge in [0.2, 0.25) is 0 Å². The van der Waals surface area contributed by atoms with Crippen molar-refractivity contribution in [3.63, 3.8) is 0 Å². The van der Waals surface area contributed by atoms with Gasteiger partial charge in [0, 0.05) is 36.2 Å². The van der Waals surface area contributed by atoms with Crippen LogP contribution in [-0.2, 0) is 4.79 Å². The molecule has 2 aromatic rings. The highest BCUT2D eigenvalue weighted by Gasteiger charge is 2.25. The van der Waals surface area contributed by atoms with Crippen molar-refractivity contribution in [2.45, 2.75) is 0 Å². The summed E-state index contributed by atoms with van der Waals surface area (Å²) in [6, 6.07) is 12.8. The van der Waals surface area contributed by atoms with Crippen molar-refractivity contribution in [2.75, 3.05) is 32.8 Å². The molecule has 0 spiro atoms. The van der Waals surface area contributed by atoms with Gasteiger partial charge in [-0.1, -0.05) is 15.9 Å². The van der Waals surface area contributed by atoms with Gasteiger partial charge in [-0.3, -0.25) is 9.59 Å². The summed E-state index contributed by atoms with van der Waals surface area (Å²) < 4.78 is 19.4. The first-order chi connectivity index (χ1) is 12.5. The van der Waals surface area contributed by atoms with Crippen molar-refractivity contribution in [3.05, 3.63) is 64.4 Å². The Morgan fingerprint density at radius 2 is 1.50 bits per heavy atom. The zero-order valence-corrected chi connectivity index (χ0v) is 15.6. The van der Waals surface area contributed by atoms with Crippen molar-refractivity contribution < 1.29 is 18.7 Å². The minimum absolute atomic E-state index is 0.0342. The van der Waals surface area contributed by atoms with Crippen LogP contribution in [0.5, 0.6) is 5.75 Å². The topological polar surface area (TPSA) is 49.9 Å². The van der Waals surface area contributed by atoms with Gasteiger partial charge >= 0.3 is 0 Å². The summed E-state index contributed by atoms with van der Waals surface area (Å²) in [7, 11) is 0. The maximum atomic E-state index is 13.0. The Morgan fingerprint density at radius 3 is 2.12 bits per heavy atom. The maximum absolute atomic E-state index is 13.0. The Kier molecular flexibility index (Phi) is 5.88. The molecule has 0 bridgehead atoms. The van der Waals surface area contributed by atoms with Gasteiger partial charge in [0.1, 0.15) is 11.6 Å². The molecule has 0 aliphatic carbocycles. The molecule has 2 amide bonds. The van der Waals surface area contributed by atoms with Crippen LogP contribution in [0.15, 0.2) is 53.0 Å².